The molecule has 0 aliphatic rings. The first kappa shape index (κ1) is 12.6. The SMILES string of the molecule is C[PH+](c1ccccc1)c1ccccc1.[Pd]. The number of hydrogen-bond acceptors (Lipinski definition) is 0. The van der Waals surface area contributed by atoms with E-state index < -0.39 is 7.92 Å². The number of rotatable bonds is 2. The van der Waals surface area contributed by atoms with Crippen molar-refractivity contribution in [3.63, 3.8) is 0 Å². The fourth-order valence-electron chi connectivity index (χ4n) is 1.54. The average molecular weight is 308 g/mol. The molecule has 0 heterocycles. The fourth-order valence-corrected chi connectivity index (χ4v) is 3.26. The molecule has 80 valence electrons. The third-order valence-corrected chi connectivity index (χ3v) is 4.81. The van der Waals surface area contributed by atoms with Crippen molar-refractivity contribution < 1.29 is 20.4 Å². The van der Waals surface area contributed by atoms with Gasteiger partial charge < -0.3 is 0 Å². The van der Waals surface area contributed by atoms with E-state index in [1.807, 2.05) is 0 Å². The van der Waals surface area contributed by atoms with E-state index in [4.69, 9.17) is 0 Å². The Bertz CT molecular complexity index is 346. The fraction of sp³-hybridized carbons (Fsp3) is 0.0769. The van der Waals surface area contributed by atoms with E-state index in [1.54, 1.807) is 0 Å². The van der Waals surface area contributed by atoms with Crippen molar-refractivity contribution in [1.29, 1.82) is 0 Å². The van der Waals surface area contributed by atoms with Crippen LogP contribution in [0.4, 0.5) is 0 Å². The van der Waals surface area contributed by atoms with Crippen molar-refractivity contribution in [3.8, 4) is 0 Å². The number of hydrogen-bond donors (Lipinski definition) is 0. The molecule has 0 atom stereocenters. The second-order valence-corrected chi connectivity index (χ2v) is 5.76. The van der Waals surface area contributed by atoms with Crippen LogP contribution in [0, 0.1) is 0 Å². The third kappa shape index (κ3) is 3.25. The topological polar surface area (TPSA) is 0 Å². The van der Waals surface area contributed by atoms with Gasteiger partial charge in [0.15, 0.2) is 0 Å². The van der Waals surface area contributed by atoms with Gasteiger partial charge in [-0.3, -0.25) is 0 Å². The zero-order valence-corrected chi connectivity index (χ0v) is 11.1. The monoisotopic (exact) mass is 307 g/mol. The molecule has 0 N–H and O–H groups in total. The number of benzene rings is 2. The van der Waals surface area contributed by atoms with Gasteiger partial charge >= 0.3 is 0 Å². The molecule has 0 saturated heterocycles. The Morgan fingerprint density at radius 3 is 1.33 bits per heavy atom. The quantitative estimate of drug-likeness (QED) is 0.591. The largest absolute Gasteiger partial charge is 0.0964 e. The Labute approximate surface area is 106 Å². The minimum atomic E-state index is -0.545. The van der Waals surface area contributed by atoms with E-state index in [1.165, 1.54) is 10.6 Å². The van der Waals surface area contributed by atoms with Crippen LogP contribution in [0.15, 0.2) is 60.7 Å². The molecule has 0 nitrogen and oxygen atoms in total. The van der Waals surface area contributed by atoms with Crippen LogP contribution in [-0.4, -0.2) is 6.66 Å². The predicted molar refractivity (Wildman–Crippen MR) is 66.4 cm³/mol. The van der Waals surface area contributed by atoms with Gasteiger partial charge in [-0.15, -0.1) is 0 Å². The van der Waals surface area contributed by atoms with Gasteiger partial charge in [-0.2, -0.15) is 0 Å². The van der Waals surface area contributed by atoms with Crippen LogP contribution in [0.3, 0.4) is 0 Å². The van der Waals surface area contributed by atoms with Crippen molar-refractivity contribution in [1.82, 2.24) is 0 Å². The van der Waals surface area contributed by atoms with E-state index in [9.17, 15) is 0 Å². The van der Waals surface area contributed by atoms with Crippen LogP contribution < -0.4 is 10.6 Å². The molecule has 0 spiro atoms. The summed E-state index contributed by atoms with van der Waals surface area (Å²) in [6.07, 6.45) is 0. The summed E-state index contributed by atoms with van der Waals surface area (Å²) in [5.41, 5.74) is 0. The summed E-state index contributed by atoms with van der Waals surface area (Å²) in [4.78, 5) is 0. The summed E-state index contributed by atoms with van der Waals surface area (Å²) < 4.78 is 0. The molecule has 2 aromatic rings. The molecule has 0 fully saturated rings. The Kier molecular flexibility index (Phi) is 5.20. The molecule has 2 aromatic carbocycles. The van der Waals surface area contributed by atoms with Crippen LogP contribution in [0.5, 0.6) is 0 Å². The van der Waals surface area contributed by atoms with E-state index in [0.29, 0.717) is 0 Å². The summed E-state index contributed by atoms with van der Waals surface area (Å²) in [6.45, 7) is 2.34. The van der Waals surface area contributed by atoms with Crippen molar-refractivity contribution in [2.75, 3.05) is 6.66 Å². The Hall–Kier alpha value is -0.468. The molecule has 0 aliphatic carbocycles. The molecule has 0 radical (unpaired) electrons. The van der Waals surface area contributed by atoms with Crippen molar-refractivity contribution >= 4 is 18.5 Å². The van der Waals surface area contributed by atoms with Crippen LogP contribution in [-0.2, 0) is 20.4 Å². The molecule has 0 unspecified atom stereocenters. The smallest absolute Gasteiger partial charge is 0.0620 e. The van der Waals surface area contributed by atoms with Crippen molar-refractivity contribution in [2.24, 2.45) is 0 Å². The van der Waals surface area contributed by atoms with Gasteiger partial charge in [-0.1, -0.05) is 36.4 Å². The van der Waals surface area contributed by atoms with Gasteiger partial charge in [0.05, 0.1) is 25.2 Å². The first-order chi connectivity index (χ1) is 6.88. The Morgan fingerprint density at radius 2 is 1.00 bits per heavy atom. The first-order valence-electron chi connectivity index (χ1n) is 4.82. The van der Waals surface area contributed by atoms with E-state index >= 15 is 0 Å². The van der Waals surface area contributed by atoms with Gasteiger partial charge in [-0.05, 0) is 24.3 Å². The normalized spacial score (nSPS) is 9.73. The second-order valence-electron chi connectivity index (χ2n) is 3.36. The van der Waals surface area contributed by atoms with Crippen molar-refractivity contribution in [3.05, 3.63) is 60.7 Å². The standard InChI is InChI=1S/C13H13P.Pd/c1-14(12-8-4-2-5-9-12)13-10-6-3-7-11-13;/h2-11H,1H3;/p+1. The van der Waals surface area contributed by atoms with Crippen molar-refractivity contribution in [2.45, 2.75) is 0 Å². The zero-order chi connectivity index (χ0) is 9.80. The summed E-state index contributed by atoms with van der Waals surface area (Å²) in [7, 11) is -0.545. The zero-order valence-electron chi connectivity index (χ0n) is 8.59. The van der Waals surface area contributed by atoms with Crippen LogP contribution in [0.2, 0.25) is 0 Å². The second kappa shape index (κ2) is 6.19. The molecule has 15 heavy (non-hydrogen) atoms. The maximum absolute atomic E-state index is 2.34. The summed E-state index contributed by atoms with van der Waals surface area (Å²) in [6, 6.07) is 21.5. The van der Waals surface area contributed by atoms with Gasteiger partial charge in [0, 0.05) is 20.4 Å². The molecule has 0 amide bonds. The maximum atomic E-state index is 2.34. The summed E-state index contributed by atoms with van der Waals surface area (Å²) >= 11 is 0. The summed E-state index contributed by atoms with van der Waals surface area (Å²) in [5.74, 6) is 0. The molecular weight excluding hydrogens is 294 g/mol. The molecule has 0 bridgehead atoms. The Morgan fingerprint density at radius 1 is 0.667 bits per heavy atom. The van der Waals surface area contributed by atoms with E-state index in [-0.39, 0.29) is 20.4 Å². The minimum Gasteiger partial charge on any atom is -0.0620 e. The predicted octanol–water partition coefficient (Wildman–Crippen LogP) is 2.48. The van der Waals surface area contributed by atoms with Gasteiger partial charge in [0.1, 0.15) is 0 Å². The van der Waals surface area contributed by atoms with Gasteiger partial charge in [0.25, 0.3) is 0 Å². The average Bonchev–Trinajstić information content (AvgIpc) is 2.30. The van der Waals surface area contributed by atoms with E-state index in [2.05, 4.69) is 67.3 Å². The van der Waals surface area contributed by atoms with Gasteiger partial charge in [-0.25, -0.2) is 0 Å². The Balaban J connectivity index is 0.00000112. The maximum Gasteiger partial charge on any atom is 0.0964 e. The first-order valence-corrected chi connectivity index (χ1v) is 6.82. The molecule has 2 heteroatoms. The minimum absolute atomic E-state index is 0. The third-order valence-electron chi connectivity index (χ3n) is 2.41. The van der Waals surface area contributed by atoms with Crippen LogP contribution >= 0.6 is 7.92 Å². The van der Waals surface area contributed by atoms with E-state index in [0.717, 1.165) is 0 Å². The molecule has 2 rings (SSSR count). The molecular formula is C13H14PPd+. The van der Waals surface area contributed by atoms with Crippen LogP contribution in [0.25, 0.3) is 0 Å². The van der Waals surface area contributed by atoms with Gasteiger partial charge in [0.2, 0.25) is 0 Å². The molecule has 0 aromatic heterocycles. The molecule has 0 saturated carbocycles. The summed E-state index contributed by atoms with van der Waals surface area (Å²) in [5, 5.41) is 2.95. The molecule has 0 aliphatic heterocycles. The van der Waals surface area contributed by atoms with Crippen LogP contribution in [0.1, 0.15) is 0 Å².